The predicted molar refractivity (Wildman–Crippen MR) is 73.8 cm³/mol. The largest absolute Gasteiger partial charge is 0.442 e. The maximum Gasteiger partial charge on any atom is 0.442 e. The van der Waals surface area contributed by atoms with Gasteiger partial charge in [0.2, 0.25) is 5.91 Å². The molecule has 1 aliphatic rings. The number of imide groups is 1. The topological polar surface area (TPSA) is 68.2 Å². The Balaban J connectivity index is 2.37. The van der Waals surface area contributed by atoms with E-state index in [4.69, 9.17) is 9.57 Å². The molecule has 1 heterocycles. The molecule has 7 heteroatoms. The van der Waals surface area contributed by atoms with E-state index in [9.17, 15) is 9.59 Å². The maximum atomic E-state index is 11.5. The van der Waals surface area contributed by atoms with Gasteiger partial charge in [-0.1, -0.05) is 43.6 Å². The van der Waals surface area contributed by atoms with Crippen LogP contribution in [-0.2, 0) is 14.4 Å². The fourth-order valence-corrected chi connectivity index (χ4v) is 2.38. The number of thioether (sulfide) groups is 1. The normalized spacial score (nSPS) is 20.6. The third-order valence-electron chi connectivity index (χ3n) is 2.63. The van der Waals surface area contributed by atoms with Crippen molar-refractivity contribution >= 4 is 28.8 Å². The highest BCUT2D eigenvalue weighted by atomic mass is 32.2. The van der Waals surface area contributed by atoms with Crippen LogP contribution in [0.1, 0.15) is 39.5 Å². The number of rotatable bonds is 5. The van der Waals surface area contributed by atoms with Gasteiger partial charge in [0.1, 0.15) is 10.5 Å². The Bertz CT molecular complexity index is 360. The molecule has 2 amide bonds. The van der Waals surface area contributed by atoms with Crippen LogP contribution in [0.25, 0.3) is 0 Å². The highest BCUT2D eigenvalue weighted by molar-refractivity contribution is 8.14. The SMILES string of the molecule is CCCCC1OCC(=NOC(=O)N(C)C(=O)CC)S1. The van der Waals surface area contributed by atoms with E-state index < -0.39 is 6.09 Å². The Labute approximate surface area is 117 Å². The van der Waals surface area contributed by atoms with Crippen molar-refractivity contribution in [2.24, 2.45) is 5.16 Å². The summed E-state index contributed by atoms with van der Waals surface area (Å²) in [5.41, 5.74) is 0.0902. The minimum absolute atomic E-state index is 0.0902. The van der Waals surface area contributed by atoms with Crippen LogP contribution < -0.4 is 0 Å². The van der Waals surface area contributed by atoms with Crippen molar-refractivity contribution < 1.29 is 19.2 Å². The Morgan fingerprint density at radius 2 is 2.26 bits per heavy atom. The van der Waals surface area contributed by atoms with E-state index in [0.29, 0.717) is 11.7 Å². The lowest BCUT2D eigenvalue weighted by molar-refractivity contribution is -0.128. The number of carbonyl (C=O) groups excluding carboxylic acids is 2. The van der Waals surface area contributed by atoms with Crippen LogP contribution in [0.2, 0.25) is 0 Å². The molecule has 1 rings (SSSR count). The van der Waals surface area contributed by atoms with Crippen molar-refractivity contribution in [2.45, 2.75) is 45.0 Å². The molecule has 1 unspecified atom stereocenters. The molecule has 6 nitrogen and oxygen atoms in total. The van der Waals surface area contributed by atoms with Crippen molar-refractivity contribution in [1.82, 2.24) is 4.90 Å². The van der Waals surface area contributed by atoms with E-state index >= 15 is 0 Å². The maximum absolute atomic E-state index is 11.5. The number of oxime groups is 1. The number of hydrogen-bond donors (Lipinski definition) is 0. The molecule has 0 radical (unpaired) electrons. The minimum Gasteiger partial charge on any atom is -0.360 e. The molecular formula is C12H20N2O4S. The van der Waals surface area contributed by atoms with Gasteiger partial charge in [-0.15, -0.1) is 0 Å². The monoisotopic (exact) mass is 288 g/mol. The predicted octanol–water partition coefficient (Wildman–Crippen LogP) is 2.58. The standard InChI is InChI=1S/C12H20N2O4S/c1-4-6-7-11-17-8-9(19-11)13-18-12(16)14(3)10(15)5-2/h11H,4-8H2,1-3H3. The molecule has 1 aliphatic heterocycles. The van der Waals surface area contributed by atoms with Gasteiger partial charge in [-0.25, -0.2) is 9.69 Å². The van der Waals surface area contributed by atoms with Gasteiger partial charge in [-0.2, -0.15) is 0 Å². The fraction of sp³-hybridized carbons (Fsp3) is 0.750. The van der Waals surface area contributed by atoms with E-state index in [1.54, 1.807) is 6.92 Å². The van der Waals surface area contributed by atoms with Gasteiger partial charge >= 0.3 is 6.09 Å². The Morgan fingerprint density at radius 1 is 1.53 bits per heavy atom. The molecule has 0 bridgehead atoms. The van der Waals surface area contributed by atoms with Gasteiger partial charge in [-0.3, -0.25) is 9.63 Å². The smallest absolute Gasteiger partial charge is 0.360 e. The Morgan fingerprint density at radius 3 is 2.89 bits per heavy atom. The lowest BCUT2D eigenvalue weighted by Crippen LogP contribution is -2.32. The van der Waals surface area contributed by atoms with Crippen molar-refractivity contribution in [2.75, 3.05) is 13.7 Å². The van der Waals surface area contributed by atoms with E-state index in [-0.39, 0.29) is 17.8 Å². The summed E-state index contributed by atoms with van der Waals surface area (Å²) in [6, 6.07) is 0. The first-order valence-corrected chi connectivity index (χ1v) is 7.29. The molecular weight excluding hydrogens is 268 g/mol. The zero-order valence-electron chi connectivity index (χ0n) is 11.5. The van der Waals surface area contributed by atoms with Crippen LogP contribution in [0.15, 0.2) is 5.16 Å². The van der Waals surface area contributed by atoms with Crippen LogP contribution in [0.3, 0.4) is 0 Å². The van der Waals surface area contributed by atoms with Gasteiger partial charge in [0.15, 0.2) is 0 Å². The van der Waals surface area contributed by atoms with Crippen LogP contribution in [0, 0.1) is 0 Å². The summed E-state index contributed by atoms with van der Waals surface area (Å²) < 4.78 is 5.49. The zero-order chi connectivity index (χ0) is 14.3. The highest BCUT2D eigenvalue weighted by Crippen LogP contribution is 2.27. The first-order chi connectivity index (χ1) is 9.08. The van der Waals surface area contributed by atoms with E-state index in [2.05, 4.69) is 12.1 Å². The van der Waals surface area contributed by atoms with E-state index in [1.807, 2.05) is 0 Å². The zero-order valence-corrected chi connectivity index (χ0v) is 12.4. The number of ether oxygens (including phenoxy) is 1. The fourth-order valence-electron chi connectivity index (χ4n) is 1.44. The van der Waals surface area contributed by atoms with Gasteiger partial charge in [0.05, 0.1) is 6.61 Å². The number of amides is 2. The molecule has 0 aliphatic carbocycles. The molecule has 0 aromatic heterocycles. The van der Waals surface area contributed by atoms with E-state index in [1.165, 1.54) is 18.8 Å². The van der Waals surface area contributed by atoms with Crippen LogP contribution in [0.4, 0.5) is 4.79 Å². The quantitative estimate of drug-likeness (QED) is 0.574. The molecule has 108 valence electrons. The molecule has 1 saturated heterocycles. The average molecular weight is 288 g/mol. The minimum atomic E-state index is -0.767. The first kappa shape index (κ1) is 16.0. The first-order valence-electron chi connectivity index (χ1n) is 6.41. The summed E-state index contributed by atoms with van der Waals surface area (Å²) in [5, 5.41) is 4.36. The van der Waals surface area contributed by atoms with Crippen molar-refractivity contribution in [3.8, 4) is 0 Å². The third kappa shape index (κ3) is 5.20. The van der Waals surface area contributed by atoms with Crippen LogP contribution in [-0.4, -0.2) is 41.0 Å². The van der Waals surface area contributed by atoms with Crippen molar-refractivity contribution in [3.63, 3.8) is 0 Å². The highest BCUT2D eigenvalue weighted by Gasteiger charge is 2.23. The summed E-state index contributed by atoms with van der Waals surface area (Å²) in [6.07, 6.45) is 2.66. The number of carbonyl (C=O) groups is 2. The van der Waals surface area contributed by atoms with Gasteiger partial charge < -0.3 is 4.74 Å². The average Bonchev–Trinajstić information content (AvgIpc) is 2.88. The number of nitrogens with zero attached hydrogens (tertiary/aromatic N) is 2. The molecule has 0 saturated carbocycles. The number of unbranched alkanes of at least 4 members (excludes halogenated alkanes) is 1. The van der Waals surface area contributed by atoms with E-state index in [0.717, 1.165) is 24.2 Å². The molecule has 1 atom stereocenters. The molecule has 0 aromatic carbocycles. The summed E-state index contributed by atoms with van der Waals surface area (Å²) >= 11 is 1.47. The third-order valence-corrected chi connectivity index (χ3v) is 3.73. The summed E-state index contributed by atoms with van der Waals surface area (Å²) in [6.45, 7) is 4.16. The van der Waals surface area contributed by atoms with Crippen LogP contribution >= 0.6 is 11.8 Å². The Kier molecular flexibility index (Phi) is 6.86. The number of hydrogen-bond acceptors (Lipinski definition) is 6. The summed E-state index contributed by atoms with van der Waals surface area (Å²) in [4.78, 5) is 28.4. The molecule has 0 spiro atoms. The second-order valence-electron chi connectivity index (χ2n) is 4.15. The molecule has 0 aromatic rings. The van der Waals surface area contributed by atoms with Crippen LogP contribution in [0.5, 0.6) is 0 Å². The van der Waals surface area contributed by atoms with Gasteiger partial charge in [0, 0.05) is 13.5 Å². The van der Waals surface area contributed by atoms with Gasteiger partial charge in [0.25, 0.3) is 0 Å². The van der Waals surface area contributed by atoms with Crippen molar-refractivity contribution in [3.05, 3.63) is 0 Å². The lowest BCUT2D eigenvalue weighted by atomic mass is 10.3. The molecule has 19 heavy (non-hydrogen) atoms. The van der Waals surface area contributed by atoms with Crippen molar-refractivity contribution in [1.29, 1.82) is 0 Å². The second-order valence-corrected chi connectivity index (χ2v) is 5.38. The molecule has 1 fully saturated rings. The second kappa shape index (κ2) is 8.16. The Hall–Kier alpha value is -1.08. The summed E-state index contributed by atoms with van der Waals surface area (Å²) in [7, 11) is 1.37. The lowest BCUT2D eigenvalue weighted by Gasteiger charge is -2.10. The molecule has 0 N–H and O–H groups in total. The summed E-state index contributed by atoms with van der Waals surface area (Å²) in [5.74, 6) is -0.304. The van der Waals surface area contributed by atoms with Gasteiger partial charge in [-0.05, 0) is 6.42 Å².